The molecule has 1 rings (SSSR count). The van der Waals surface area contributed by atoms with Crippen molar-refractivity contribution in [2.45, 2.75) is 6.55 Å². The highest BCUT2D eigenvalue weighted by molar-refractivity contribution is 5.43. The number of aromatic nitrogens is 1. The normalized spacial score (nSPS) is 10.2. The molecule has 2 nitrogen and oxygen atoms in total. The van der Waals surface area contributed by atoms with Crippen LogP contribution in [0, 0.1) is 0 Å². The second-order valence-electron chi connectivity index (χ2n) is 2.09. The van der Waals surface area contributed by atoms with Gasteiger partial charge in [0, 0.05) is 25.1 Å². The lowest BCUT2D eigenvalue weighted by molar-refractivity contribution is 0.149. The zero-order valence-corrected chi connectivity index (χ0v) is 6.04. The van der Waals surface area contributed by atoms with Gasteiger partial charge in [-0.3, -0.25) is 4.98 Å². The molecule has 11 heavy (non-hydrogen) atoms. The van der Waals surface area contributed by atoms with Crippen LogP contribution in [0.1, 0.15) is 0 Å². The van der Waals surface area contributed by atoms with Gasteiger partial charge in [-0.2, -0.15) is 8.78 Å². The van der Waals surface area contributed by atoms with Crippen LogP contribution in [0.25, 0.3) is 0 Å². The summed E-state index contributed by atoms with van der Waals surface area (Å²) in [6.07, 6.45) is 2.96. The summed E-state index contributed by atoms with van der Waals surface area (Å²) in [5, 5.41) is 0. The lowest BCUT2D eigenvalue weighted by Crippen LogP contribution is -2.23. The fourth-order valence-corrected chi connectivity index (χ4v) is 0.692. The Bertz CT molecular complexity index is 213. The van der Waals surface area contributed by atoms with Gasteiger partial charge in [-0.15, -0.1) is 0 Å². The Hall–Kier alpha value is -1.19. The van der Waals surface area contributed by atoms with Crippen LogP contribution in [-0.4, -0.2) is 18.6 Å². The fraction of sp³-hybridized carbons (Fsp3) is 0.286. The molecule has 0 saturated heterocycles. The molecule has 0 spiro atoms. The van der Waals surface area contributed by atoms with Crippen LogP contribution in [-0.2, 0) is 0 Å². The van der Waals surface area contributed by atoms with Gasteiger partial charge in [0.05, 0.1) is 0 Å². The molecule has 0 bridgehead atoms. The molecule has 0 amide bonds. The minimum Gasteiger partial charge on any atom is -0.319 e. The van der Waals surface area contributed by atoms with Crippen LogP contribution in [0.4, 0.5) is 14.5 Å². The van der Waals surface area contributed by atoms with E-state index in [0.29, 0.717) is 5.69 Å². The van der Waals surface area contributed by atoms with Gasteiger partial charge in [0.15, 0.2) is 0 Å². The second-order valence-corrected chi connectivity index (χ2v) is 2.09. The molecule has 0 fully saturated rings. The third kappa shape index (κ3) is 1.86. The van der Waals surface area contributed by atoms with Crippen molar-refractivity contribution in [3.63, 3.8) is 0 Å². The van der Waals surface area contributed by atoms with Gasteiger partial charge in [-0.05, 0) is 12.1 Å². The largest absolute Gasteiger partial charge is 0.319 e. The molecular weight excluding hydrogens is 150 g/mol. The van der Waals surface area contributed by atoms with E-state index in [9.17, 15) is 8.78 Å². The first-order valence-corrected chi connectivity index (χ1v) is 3.13. The molecule has 0 unspecified atom stereocenters. The molecule has 1 aromatic heterocycles. The van der Waals surface area contributed by atoms with Crippen LogP contribution in [0.3, 0.4) is 0 Å². The number of pyridine rings is 1. The molecule has 0 aliphatic carbocycles. The minimum atomic E-state index is -2.46. The Morgan fingerprint density at radius 3 is 2.36 bits per heavy atom. The highest BCUT2D eigenvalue weighted by Gasteiger charge is 2.09. The van der Waals surface area contributed by atoms with E-state index in [1.54, 1.807) is 0 Å². The standard InChI is InChI=1S/C7H8F2N2/c1-11(7(8)9)6-2-4-10-5-3-6/h2-5,7H,1H3. The maximum atomic E-state index is 12.0. The first kappa shape index (κ1) is 7.91. The number of anilines is 1. The summed E-state index contributed by atoms with van der Waals surface area (Å²) in [4.78, 5) is 4.59. The summed E-state index contributed by atoms with van der Waals surface area (Å²) in [5.41, 5.74) is 0.468. The van der Waals surface area contributed by atoms with Crippen molar-refractivity contribution in [2.24, 2.45) is 0 Å². The predicted octanol–water partition coefficient (Wildman–Crippen LogP) is 1.74. The van der Waals surface area contributed by atoms with Crippen molar-refractivity contribution < 1.29 is 8.78 Å². The van der Waals surface area contributed by atoms with Crippen molar-refractivity contribution >= 4 is 5.69 Å². The average molecular weight is 158 g/mol. The zero-order chi connectivity index (χ0) is 8.27. The molecule has 0 aromatic carbocycles. The molecule has 0 aliphatic heterocycles. The van der Waals surface area contributed by atoms with Crippen molar-refractivity contribution in [1.29, 1.82) is 0 Å². The lowest BCUT2D eigenvalue weighted by atomic mass is 10.4. The van der Waals surface area contributed by atoms with Crippen LogP contribution >= 0.6 is 0 Å². The van der Waals surface area contributed by atoms with Crippen molar-refractivity contribution in [3.8, 4) is 0 Å². The third-order valence-electron chi connectivity index (χ3n) is 1.36. The van der Waals surface area contributed by atoms with E-state index in [1.807, 2.05) is 0 Å². The van der Waals surface area contributed by atoms with E-state index < -0.39 is 6.55 Å². The summed E-state index contributed by atoms with van der Waals surface area (Å²) in [6.45, 7) is -2.46. The Kier molecular flexibility index (Phi) is 2.36. The van der Waals surface area contributed by atoms with E-state index >= 15 is 0 Å². The van der Waals surface area contributed by atoms with Crippen molar-refractivity contribution in [2.75, 3.05) is 11.9 Å². The second kappa shape index (κ2) is 3.27. The Labute approximate surface area is 63.5 Å². The van der Waals surface area contributed by atoms with Gasteiger partial charge in [0.1, 0.15) is 0 Å². The SMILES string of the molecule is CN(c1ccncc1)C(F)F. The first-order chi connectivity index (χ1) is 5.22. The minimum absolute atomic E-state index is 0.468. The Morgan fingerprint density at radius 2 is 1.91 bits per heavy atom. The molecule has 0 atom stereocenters. The summed E-state index contributed by atoms with van der Waals surface area (Å²) >= 11 is 0. The molecule has 1 aromatic rings. The van der Waals surface area contributed by atoms with E-state index in [0.717, 1.165) is 4.90 Å². The van der Waals surface area contributed by atoms with Gasteiger partial charge in [0.2, 0.25) is 0 Å². The highest BCUT2D eigenvalue weighted by Crippen LogP contribution is 2.13. The zero-order valence-electron chi connectivity index (χ0n) is 6.04. The molecule has 0 N–H and O–H groups in total. The maximum Gasteiger partial charge on any atom is 0.315 e. The number of halogens is 2. The van der Waals surface area contributed by atoms with Crippen molar-refractivity contribution in [1.82, 2.24) is 4.98 Å². The van der Waals surface area contributed by atoms with Gasteiger partial charge in [-0.25, -0.2) is 0 Å². The van der Waals surface area contributed by atoms with E-state index in [2.05, 4.69) is 4.98 Å². The number of hydrogen-bond acceptors (Lipinski definition) is 2. The number of rotatable bonds is 2. The highest BCUT2D eigenvalue weighted by atomic mass is 19.3. The van der Waals surface area contributed by atoms with Crippen LogP contribution < -0.4 is 4.90 Å². The number of nitrogens with zero attached hydrogens (tertiary/aromatic N) is 2. The van der Waals surface area contributed by atoms with Crippen LogP contribution in [0.5, 0.6) is 0 Å². The molecule has 1 heterocycles. The monoisotopic (exact) mass is 158 g/mol. The van der Waals surface area contributed by atoms with Gasteiger partial charge in [-0.1, -0.05) is 0 Å². The molecule has 0 radical (unpaired) electrons. The predicted molar refractivity (Wildman–Crippen MR) is 38.6 cm³/mol. The smallest absolute Gasteiger partial charge is 0.315 e. The van der Waals surface area contributed by atoms with Crippen LogP contribution in [0.2, 0.25) is 0 Å². The fourth-order valence-electron chi connectivity index (χ4n) is 0.692. The topological polar surface area (TPSA) is 16.1 Å². The summed E-state index contributed by atoms with van der Waals surface area (Å²) in [7, 11) is 1.33. The van der Waals surface area contributed by atoms with Crippen LogP contribution in [0.15, 0.2) is 24.5 Å². The molecule has 0 aliphatic rings. The van der Waals surface area contributed by atoms with Crippen molar-refractivity contribution in [3.05, 3.63) is 24.5 Å². The summed E-state index contributed by atoms with van der Waals surface area (Å²) in [6, 6.07) is 3.07. The summed E-state index contributed by atoms with van der Waals surface area (Å²) in [5.74, 6) is 0. The Morgan fingerprint density at radius 1 is 1.36 bits per heavy atom. The first-order valence-electron chi connectivity index (χ1n) is 3.13. The molecular formula is C7H8F2N2. The van der Waals surface area contributed by atoms with Gasteiger partial charge in [0.25, 0.3) is 0 Å². The molecule has 4 heteroatoms. The average Bonchev–Trinajstić information content (AvgIpc) is 2.05. The van der Waals surface area contributed by atoms with Gasteiger partial charge < -0.3 is 4.90 Å². The lowest BCUT2D eigenvalue weighted by Gasteiger charge is -2.16. The molecule has 0 saturated carbocycles. The maximum absolute atomic E-state index is 12.0. The molecule has 60 valence electrons. The van der Waals surface area contributed by atoms with E-state index in [4.69, 9.17) is 0 Å². The van der Waals surface area contributed by atoms with E-state index in [-0.39, 0.29) is 0 Å². The van der Waals surface area contributed by atoms with E-state index in [1.165, 1.54) is 31.6 Å². The Balaban J connectivity index is 2.77. The summed E-state index contributed by atoms with van der Waals surface area (Å²) < 4.78 is 24.0. The quantitative estimate of drug-likeness (QED) is 0.609. The number of alkyl halides is 2. The number of hydrogen-bond donors (Lipinski definition) is 0. The third-order valence-corrected chi connectivity index (χ3v) is 1.36. The van der Waals surface area contributed by atoms with Gasteiger partial charge >= 0.3 is 6.55 Å².